The third kappa shape index (κ3) is 4.34. The SMILES string of the molecule is CCON(C(=O)C(C#N)=Cc1cn(CC(=O)O)c2ccccc12)c1ccccc1. The molecule has 0 saturated heterocycles. The van der Waals surface area contributed by atoms with E-state index < -0.39 is 11.9 Å². The number of carbonyl (C=O) groups excluding carboxylic acids is 1. The number of rotatable bonds is 7. The molecule has 0 spiro atoms. The van der Waals surface area contributed by atoms with Crippen molar-refractivity contribution in [3.63, 3.8) is 0 Å². The zero-order valence-electron chi connectivity index (χ0n) is 15.8. The minimum Gasteiger partial charge on any atom is -0.480 e. The number of hydrogen-bond donors (Lipinski definition) is 1. The summed E-state index contributed by atoms with van der Waals surface area (Å²) in [6.07, 6.45) is 3.08. The van der Waals surface area contributed by atoms with Crippen LogP contribution in [0.1, 0.15) is 12.5 Å². The number of benzene rings is 2. The van der Waals surface area contributed by atoms with Gasteiger partial charge in [0.1, 0.15) is 18.2 Å². The van der Waals surface area contributed by atoms with Crippen molar-refractivity contribution in [3.05, 3.63) is 71.9 Å². The maximum Gasteiger partial charge on any atom is 0.323 e. The van der Waals surface area contributed by atoms with Crippen LogP contribution >= 0.6 is 0 Å². The van der Waals surface area contributed by atoms with Crippen LogP contribution in [0, 0.1) is 11.3 Å². The monoisotopic (exact) mass is 389 g/mol. The van der Waals surface area contributed by atoms with E-state index in [1.54, 1.807) is 54.1 Å². The fourth-order valence-electron chi connectivity index (χ4n) is 3.02. The molecular weight excluding hydrogens is 370 g/mol. The number of carbonyl (C=O) groups is 2. The Morgan fingerprint density at radius 2 is 1.86 bits per heavy atom. The van der Waals surface area contributed by atoms with E-state index in [0.717, 1.165) is 10.4 Å². The van der Waals surface area contributed by atoms with Gasteiger partial charge in [0.2, 0.25) is 0 Å². The molecule has 0 aliphatic carbocycles. The van der Waals surface area contributed by atoms with Crippen molar-refractivity contribution < 1.29 is 19.5 Å². The first-order valence-corrected chi connectivity index (χ1v) is 8.99. The van der Waals surface area contributed by atoms with Gasteiger partial charge in [-0.25, -0.2) is 0 Å². The lowest BCUT2D eigenvalue weighted by molar-refractivity contribution is -0.137. The third-order valence-corrected chi connectivity index (χ3v) is 4.21. The lowest BCUT2D eigenvalue weighted by atomic mass is 10.1. The molecule has 0 fully saturated rings. The highest BCUT2D eigenvalue weighted by molar-refractivity contribution is 6.11. The van der Waals surface area contributed by atoms with Gasteiger partial charge in [-0.05, 0) is 31.2 Å². The molecule has 29 heavy (non-hydrogen) atoms. The van der Waals surface area contributed by atoms with Crippen molar-refractivity contribution in [3.8, 4) is 6.07 Å². The predicted molar refractivity (Wildman–Crippen MR) is 109 cm³/mol. The number of nitriles is 1. The molecule has 3 aromatic rings. The lowest BCUT2D eigenvalue weighted by Crippen LogP contribution is -2.32. The van der Waals surface area contributed by atoms with Gasteiger partial charge >= 0.3 is 5.97 Å². The fraction of sp³-hybridized carbons (Fsp3) is 0.136. The van der Waals surface area contributed by atoms with E-state index in [-0.39, 0.29) is 18.7 Å². The van der Waals surface area contributed by atoms with Crippen molar-refractivity contribution in [2.45, 2.75) is 13.5 Å². The van der Waals surface area contributed by atoms with Gasteiger partial charge in [0.15, 0.2) is 0 Å². The van der Waals surface area contributed by atoms with Crippen LogP contribution < -0.4 is 5.06 Å². The van der Waals surface area contributed by atoms with Gasteiger partial charge in [-0.2, -0.15) is 10.3 Å². The average molecular weight is 389 g/mol. The highest BCUT2D eigenvalue weighted by atomic mass is 16.7. The molecule has 1 aromatic heterocycles. The molecule has 0 radical (unpaired) electrons. The molecule has 3 rings (SSSR count). The number of anilines is 1. The molecule has 0 atom stereocenters. The van der Waals surface area contributed by atoms with Gasteiger partial charge in [-0.1, -0.05) is 36.4 Å². The topological polar surface area (TPSA) is 95.6 Å². The third-order valence-electron chi connectivity index (χ3n) is 4.21. The molecule has 1 N–H and O–H groups in total. The first-order chi connectivity index (χ1) is 14.0. The first kappa shape index (κ1) is 19.9. The molecule has 1 heterocycles. The molecule has 7 heteroatoms. The normalized spacial score (nSPS) is 11.2. The first-order valence-electron chi connectivity index (χ1n) is 8.99. The van der Waals surface area contributed by atoms with Crippen LogP contribution in [0.2, 0.25) is 0 Å². The van der Waals surface area contributed by atoms with Crippen LogP contribution in [0.3, 0.4) is 0 Å². The summed E-state index contributed by atoms with van der Waals surface area (Å²) in [5, 5.41) is 20.6. The summed E-state index contributed by atoms with van der Waals surface area (Å²) in [5.41, 5.74) is 1.67. The number of aliphatic carboxylic acids is 1. The molecular formula is C22H19N3O4. The number of fused-ring (bicyclic) bond motifs is 1. The molecule has 7 nitrogen and oxygen atoms in total. The number of hydrogen-bond acceptors (Lipinski definition) is 4. The Labute approximate surface area is 167 Å². The highest BCUT2D eigenvalue weighted by Crippen LogP contribution is 2.25. The maximum atomic E-state index is 13.0. The molecule has 2 aromatic carbocycles. The largest absolute Gasteiger partial charge is 0.480 e. The Bertz CT molecular complexity index is 1110. The van der Waals surface area contributed by atoms with E-state index in [9.17, 15) is 14.9 Å². The van der Waals surface area contributed by atoms with E-state index in [4.69, 9.17) is 9.94 Å². The Kier molecular flexibility index (Phi) is 6.07. The number of aromatic nitrogens is 1. The number of para-hydroxylation sites is 2. The van der Waals surface area contributed by atoms with Gasteiger partial charge in [-0.15, -0.1) is 0 Å². The number of carboxylic acids is 1. The summed E-state index contributed by atoms with van der Waals surface area (Å²) in [6, 6.07) is 17.9. The zero-order chi connectivity index (χ0) is 20.8. The number of nitrogens with zero attached hydrogens (tertiary/aromatic N) is 3. The minimum atomic E-state index is -0.982. The van der Waals surface area contributed by atoms with Gasteiger partial charge in [0.05, 0.1) is 12.3 Å². The second kappa shape index (κ2) is 8.87. The summed E-state index contributed by atoms with van der Waals surface area (Å²) in [6.45, 7) is 1.77. The van der Waals surface area contributed by atoms with E-state index in [1.807, 2.05) is 24.3 Å². The summed E-state index contributed by atoms with van der Waals surface area (Å²) in [7, 11) is 0. The molecule has 1 amide bonds. The zero-order valence-corrected chi connectivity index (χ0v) is 15.8. The predicted octanol–water partition coefficient (Wildman–Crippen LogP) is 3.62. The quantitative estimate of drug-likeness (QED) is 0.378. The number of hydroxylamine groups is 1. The van der Waals surface area contributed by atoms with E-state index in [0.29, 0.717) is 16.8 Å². The van der Waals surface area contributed by atoms with Crippen molar-refractivity contribution in [1.82, 2.24) is 4.57 Å². The van der Waals surface area contributed by atoms with E-state index in [2.05, 4.69) is 0 Å². The molecule has 0 aliphatic rings. The van der Waals surface area contributed by atoms with Crippen molar-refractivity contribution >= 4 is 34.5 Å². The van der Waals surface area contributed by atoms with Gasteiger partial charge < -0.3 is 9.67 Å². The van der Waals surface area contributed by atoms with Crippen LogP contribution in [0.5, 0.6) is 0 Å². The van der Waals surface area contributed by atoms with Crippen LogP contribution in [0.15, 0.2) is 66.4 Å². The van der Waals surface area contributed by atoms with Crippen LogP contribution in [-0.2, 0) is 21.0 Å². The Balaban J connectivity index is 2.04. The molecule has 0 aliphatic heterocycles. The van der Waals surface area contributed by atoms with Crippen LogP contribution in [-0.4, -0.2) is 28.2 Å². The highest BCUT2D eigenvalue weighted by Gasteiger charge is 2.22. The summed E-state index contributed by atoms with van der Waals surface area (Å²) in [5.74, 6) is -1.58. The van der Waals surface area contributed by atoms with Gasteiger partial charge in [0, 0.05) is 22.7 Å². The van der Waals surface area contributed by atoms with Gasteiger partial charge in [-0.3, -0.25) is 14.4 Å². The fourth-order valence-corrected chi connectivity index (χ4v) is 3.02. The number of amides is 1. The number of carboxylic acid groups (broad SMARTS) is 1. The summed E-state index contributed by atoms with van der Waals surface area (Å²) < 4.78 is 1.57. The summed E-state index contributed by atoms with van der Waals surface area (Å²) >= 11 is 0. The Morgan fingerprint density at radius 3 is 2.52 bits per heavy atom. The van der Waals surface area contributed by atoms with Crippen LogP contribution in [0.25, 0.3) is 17.0 Å². The Hall–Kier alpha value is -3.89. The average Bonchev–Trinajstić information content (AvgIpc) is 3.07. The maximum absolute atomic E-state index is 13.0. The van der Waals surface area contributed by atoms with E-state index in [1.165, 1.54) is 6.08 Å². The molecule has 146 valence electrons. The van der Waals surface area contributed by atoms with Crippen LogP contribution in [0.4, 0.5) is 5.69 Å². The molecule has 0 bridgehead atoms. The second-order valence-electron chi connectivity index (χ2n) is 6.15. The van der Waals surface area contributed by atoms with Crippen molar-refractivity contribution in [2.24, 2.45) is 0 Å². The van der Waals surface area contributed by atoms with Crippen molar-refractivity contribution in [2.75, 3.05) is 11.7 Å². The molecule has 0 saturated carbocycles. The van der Waals surface area contributed by atoms with Crippen molar-refractivity contribution in [1.29, 1.82) is 5.26 Å². The Morgan fingerprint density at radius 1 is 1.17 bits per heavy atom. The summed E-state index contributed by atoms with van der Waals surface area (Å²) in [4.78, 5) is 29.6. The lowest BCUT2D eigenvalue weighted by Gasteiger charge is -2.20. The second-order valence-corrected chi connectivity index (χ2v) is 6.15. The van der Waals surface area contributed by atoms with Gasteiger partial charge in [0.25, 0.3) is 5.91 Å². The standard InChI is InChI=1S/C22H19N3O4/c1-2-29-25(18-8-4-3-5-9-18)22(28)16(13-23)12-17-14-24(15-21(26)27)20-11-7-6-10-19(17)20/h3-12,14H,2,15H2,1H3,(H,26,27). The minimum absolute atomic E-state index is 0.125. The molecule has 0 unspecified atom stereocenters. The van der Waals surface area contributed by atoms with E-state index >= 15 is 0 Å². The smallest absolute Gasteiger partial charge is 0.323 e.